The van der Waals surface area contributed by atoms with Crippen molar-refractivity contribution in [3.63, 3.8) is 0 Å². The Balaban J connectivity index is 1.65. The summed E-state index contributed by atoms with van der Waals surface area (Å²) in [6.07, 6.45) is 0. The van der Waals surface area contributed by atoms with Crippen LogP contribution in [0.15, 0.2) is 42.5 Å². The summed E-state index contributed by atoms with van der Waals surface area (Å²) >= 11 is 11.9. The van der Waals surface area contributed by atoms with Crippen LogP contribution in [0.2, 0.25) is 10.0 Å². The van der Waals surface area contributed by atoms with E-state index >= 15 is 0 Å². The van der Waals surface area contributed by atoms with Crippen molar-refractivity contribution in [1.82, 2.24) is 14.5 Å². The molecule has 130 valence electrons. The number of fused-ring (bicyclic) bond motifs is 1. The average molecular weight is 377 g/mol. The number of benzene rings is 2. The van der Waals surface area contributed by atoms with Crippen LogP contribution in [0.5, 0.6) is 0 Å². The van der Waals surface area contributed by atoms with Crippen molar-refractivity contribution in [3.05, 3.63) is 58.3 Å². The number of aromatic nitrogens is 2. The minimum Gasteiger partial charge on any atom is -0.330 e. The summed E-state index contributed by atoms with van der Waals surface area (Å²) in [6, 6.07) is 12.7. The van der Waals surface area contributed by atoms with E-state index in [-0.39, 0.29) is 12.5 Å². The molecular weight excluding hydrogens is 359 g/mol. The molecule has 1 amide bonds. The van der Waals surface area contributed by atoms with Crippen molar-refractivity contribution in [2.75, 3.05) is 18.9 Å². The molecule has 0 aliphatic rings. The van der Waals surface area contributed by atoms with Crippen molar-refractivity contribution in [2.45, 2.75) is 6.54 Å². The van der Waals surface area contributed by atoms with Gasteiger partial charge in [-0.1, -0.05) is 29.3 Å². The lowest BCUT2D eigenvalue weighted by atomic mass is 10.3. The van der Waals surface area contributed by atoms with Crippen LogP contribution in [0.3, 0.4) is 0 Å². The van der Waals surface area contributed by atoms with Gasteiger partial charge in [0.15, 0.2) is 0 Å². The van der Waals surface area contributed by atoms with E-state index in [2.05, 4.69) is 10.3 Å². The van der Waals surface area contributed by atoms with Crippen LogP contribution in [-0.4, -0.2) is 34.0 Å². The van der Waals surface area contributed by atoms with Crippen LogP contribution >= 0.6 is 23.2 Å². The van der Waals surface area contributed by atoms with Gasteiger partial charge in [-0.15, -0.1) is 0 Å². The number of anilines is 1. The lowest BCUT2D eigenvalue weighted by Gasteiger charge is -2.16. The quantitative estimate of drug-likeness (QED) is 0.733. The molecule has 3 aromatic rings. The second kappa shape index (κ2) is 7.44. The molecule has 2 aromatic carbocycles. The van der Waals surface area contributed by atoms with Gasteiger partial charge >= 0.3 is 0 Å². The second-order valence-electron chi connectivity index (χ2n) is 5.95. The number of carbonyl (C=O) groups is 1. The number of hydrogen-bond donors (Lipinski definition) is 1. The molecule has 0 saturated heterocycles. The highest BCUT2D eigenvalue weighted by Gasteiger charge is 2.13. The third-order valence-electron chi connectivity index (χ3n) is 3.87. The number of likely N-dealkylation sites (N-methyl/N-ethyl adjacent to an activating group) is 1. The number of rotatable bonds is 5. The first kappa shape index (κ1) is 17.7. The summed E-state index contributed by atoms with van der Waals surface area (Å²) in [7, 11) is 3.84. The molecular formula is C18H18Cl2N4O. The number of hydrogen-bond acceptors (Lipinski definition) is 3. The normalized spacial score (nSPS) is 11.2. The fourth-order valence-electron chi connectivity index (χ4n) is 2.67. The smallest absolute Gasteiger partial charge is 0.238 e. The fourth-order valence-corrected chi connectivity index (χ4v) is 3.03. The Morgan fingerprint density at radius 1 is 1.20 bits per heavy atom. The summed E-state index contributed by atoms with van der Waals surface area (Å²) in [6.45, 7) is 0.794. The molecule has 0 fully saturated rings. The van der Waals surface area contributed by atoms with Crippen molar-refractivity contribution in [1.29, 1.82) is 0 Å². The molecule has 1 aromatic heterocycles. The Hall–Kier alpha value is -2.08. The zero-order valence-electron chi connectivity index (χ0n) is 14.0. The van der Waals surface area contributed by atoms with Gasteiger partial charge in [0, 0.05) is 22.8 Å². The van der Waals surface area contributed by atoms with Gasteiger partial charge in [-0.25, -0.2) is 4.98 Å². The van der Waals surface area contributed by atoms with Crippen LogP contribution in [0.1, 0.15) is 5.82 Å². The summed E-state index contributed by atoms with van der Waals surface area (Å²) < 4.78 is 2.01. The first-order valence-corrected chi connectivity index (χ1v) is 8.53. The zero-order valence-corrected chi connectivity index (χ0v) is 15.5. The van der Waals surface area contributed by atoms with E-state index in [1.165, 1.54) is 0 Å². The molecule has 7 heteroatoms. The van der Waals surface area contributed by atoms with Gasteiger partial charge in [-0.2, -0.15) is 0 Å². The van der Waals surface area contributed by atoms with Crippen LogP contribution in [-0.2, 0) is 18.4 Å². The monoisotopic (exact) mass is 376 g/mol. The Labute approximate surface area is 156 Å². The molecule has 25 heavy (non-hydrogen) atoms. The Bertz CT molecular complexity index is 923. The minimum absolute atomic E-state index is 0.105. The molecule has 0 aliphatic heterocycles. The maximum Gasteiger partial charge on any atom is 0.238 e. The van der Waals surface area contributed by atoms with Gasteiger partial charge in [0.05, 0.1) is 24.1 Å². The molecule has 3 rings (SSSR count). The zero-order chi connectivity index (χ0) is 18.0. The first-order chi connectivity index (χ1) is 11.9. The van der Waals surface area contributed by atoms with Gasteiger partial charge in [-0.05, 0) is 43.4 Å². The van der Waals surface area contributed by atoms with Crippen LogP contribution < -0.4 is 5.32 Å². The van der Waals surface area contributed by atoms with E-state index < -0.39 is 0 Å². The second-order valence-corrected chi connectivity index (χ2v) is 6.82. The highest BCUT2D eigenvalue weighted by atomic mass is 35.5. The van der Waals surface area contributed by atoms with Gasteiger partial charge in [0.2, 0.25) is 5.91 Å². The Morgan fingerprint density at radius 3 is 2.72 bits per heavy atom. The van der Waals surface area contributed by atoms with Crippen LogP contribution in [0.4, 0.5) is 5.69 Å². The number of nitrogens with one attached hydrogen (secondary N) is 1. The molecule has 5 nitrogen and oxygen atoms in total. The lowest BCUT2D eigenvalue weighted by Crippen LogP contribution is -2.30. The van der Waals surface area contributed by atoms with Gasteiger partial charge < -0.3 is 9.88 Å². The topological polar surface area (TPSA) is 50.2 Å². The van der Waals surface area contributed by atoms with E-state index in [1.54, 1.807) is 24.3 Å². The van der Waals surface area contributed by atoms with Crippen molar-refractivity contribution in [2.24, 2.45) is 7.05 Å². The number of nitrogens with zero attached hydrogens (tertiary/aromatic N) is 3. The molecule has 0 aliphatic carbocycles. The highest BCUT2D eigenvalue weighted by molar-refractivity contribution is 6.31. The van der Waals surface area contributed by atoms with Crippen molar-refractivity contribution >= 4 is 45.8 Å². The van der Waals surface area contributed by atoms with E-state index in [4.69, 9.17) is 23.2 Å². The van der Waals surface area contributed by atoms with Gasteiger partial charge in [0.1, 0.15) is 5.82 Å². The van der Waals surface area contributed by atoms with Crippen LogP contribution in [0, 0.1) is 0 Å². The average Bonchev–Trinajstić information content (AvgIpc) is 2.82. The maximum absolute atomic E-state index is 12.2. The summed E-state index contributed by atoms with van der Waals surface area (Å²) in [4.78, 5) is 18.7. The van der Waals surface area contributed by atoms with Crippen molar-refractivity contribution in [3.8, 4) is 0 Å². The van der Waals surface area contributed by atoms with Crippen LogP contribution in [0.25, 0.3) is 11.0 Å². The van der Waals surface area contributed by atoms with E-state index in [0.717, 1.165) is 16.9 Å². The Kier molecular flexibility index (Phi) is 5.27. The maximum atomic E-state index is 12.2. The predicted molar refractivity (Wildman–Crippen MR) is 102 cm³/mol. The predicted octanol–water partition coefficient (Wildman–Crippen LogP) is 3.95. The Morgan fingerprint density at radius 2 is 1.96 bits per heavy atom. The SMILES string of the molecule is CN(CC(=O)Nc1cccc(Cl)c1)Cc1nc2cc(Cl)ccc2n1C. The number of aryl methyl sites for hydroxylation is 1. The fraction of sp³-hybridized carbons (Fsp3) is 0.222. The standard InChI is InChI=1S/C18H18Cl2N4O/c1-23(11-18(25)21-14-5-3-4-12(19)8-14)10-17-22-15-9-13(20)6-7-16(15)24(17)2/h3-9H,10-11H2,1-2H3,(H,21,25). The molecule has 0 bridgehead atoms. The highest BCUT2D eigenvalue weighted by Crippen LogP contribution is 2.20. The minimum atomic E-state index is -0.105. The summed E-state index contributed by atoms with van der Waals surface area (Å²) in [5.74, 6) is 0.766. The summed E-state index contributed by atoms with van der Waals surface area (Å²) in [5.41, 5.74) is 2.54. The van der Waals surface area contributed by atoms with E-state index in [1.807, 2.05) is 41.8 Å². The first-order valence-electron chi connectivity index (χ1n) is 7.77. The largest absolute Gasteiger partial charge is 0.330 e. The van der Waals surface area contributed by atoms with Gasteiger partial charge in [-0.3, -0.25) is 9.69 Å². The van der Waals surface area contributed by atoms with E-state index in [9.17, 15) is 4.79 Å². The molecule has 0 spiro atoms. The third-order valence-corrected chi connectivity index (χ3v) is 4.34. The molecule has 1 heterocycles. The third kappa shape index (κ3) is 4.31. The number of imidazole rings is 1. The number of halogens is 2. The van der Waals surface area contributed by atoms with Gasteiger partial charge in [0.25, 0.3) is 0 Å². The molecule has 0 radical (unpaired) electrons. The molecule has 0 unspecified atom stereocenters. The van der Waals surface area contributed by atoms with Crippen molar-refractivity contribution < 1.29 is 4.79 Å². The molecule has 1 N–H and O–H groups in total. The molecule has 0 atom stereocenters. The van der Waals surface area contributed by atoms with E-state index in [0.29, 0.717) is 22.3 Å². The number of amides is 1. The summed E-state index contributed by atoms with van der Waals surface area (Å²) in [5, 5.41) is 4.08. The number of carbonyl (C=O) groups excluding carboxylic acids is 1. The molecule has 0 saturated carbocycles. The lowest BCUT2D eigenvalue weighted by molar-refractivity contribution is -0.117.